The van der Waals surface area contributed by atoms with Crippen molar-refractivity contribution in [3.63, 3.8) is 0 Å². The second kappa shape index (κ2) is 4.73. The van der Waals surface area contributed by atoms with E-state index in [4.69, 9.17) is 11.5 Å². The van der Waals surface area contributed by atoms with E-state index in [2.05, 4.69) is 0 Å². The lowest BCUT2D eigenvalue weighted by atomic mass is 9.83. The molecule has 0 fully saturated rings. The van der Waals surface area contributed by atoms with Gasteiger partial charge in [0.15, 0.2) is 17.3 Å². The van der Waals surface area contributed by atoms with Crippen LogP contribution in [0.4, 0.5) is 0 Å². The van der Waals surface area contributed by atoms with Gasteiger partial charge in [0.25, 0.3) is 0 Å². The molecule has 0 atom stereocenters. The van der Waals surface area contributed by atoms with Gasteiger partial charge in [0.1, 0.15) is 6.17 Å². The monoisotopic (exact) mass is 280 g/mol. The molecule has 2 aromatic carbocycles. The molecule has 0 bridgehead atoms. The van der Waals surface area contributed by atoms with Crippen LogP contribution >= 0.6 is 0 Å². The number of rotatable bonds is 2. The fourth-order valence-corrected chi connectivity index (χ4v) is 2.45. The molecule has 2 aromatic rings. The highest BCUT2D eigenvalue weighted by Gasteiger charge is 2.30. The molecule has 0 amide bonds. The predicted octanol–water partition coefficient (Wildman–Crippen LogP) is 0.888. The standard InChI is InChI=1S/C16H12N2O3/c17-16(18)13(19)8-5-6-11-12(7-8)15(21)10-4-2-1-3-9(10)14(11)20/h1-7,16H,17-18H2. The maximum Gasteiger partial charge on any atom is 0.194 e. The number of benzene rings is 2. The Morgan fingerprint density at radius 1 is 0.810 bits per heavy atom. The molecule has 0 saturated carbocycles. The molecule has 1 aliphatic carbocycles. The summed E-state index contributed by atoms with van der Waals surface area (Å²) in [6.07, 6.45) is -1.15. The lowest BCUT2D eigenvalue weighted by molar-refractivity contribution is 0.0960. The number of nitrogens with two attached hydrogens (primary N) is 2. The first-order valence-electron chi connectivity index (χ1n) is 6.38. The molecule has 0 aromatic heterocycles. The molecular weight excluding hydrogens is 268 g/mol. The van der Waals surface area contributed by atoms with Gasteiger partial charge in [0.2, 0.25) is 0 Å². The van der Waals surface area contributed by atoms with Crippen molar-refractivity contribution in [1.29, 1.82) is 0 Å². The van der Waals surface area contributed by atoms with E-state index in [1.807, 2.05) is 0 Å². The van der Waals surface area contributed by atoms with E-state index < -0.39 is 11.9 Å². The molecule has 21 heavy (non-hydrogen) atoms. The first-order valence-corrected chi connectivity index (χ1v) is 6.38. The smallest absolute Gasteiger partial charge is 0.194 e. The summed E-state index contributed by atoms with van der Waals surface area (Å²) in [5.41, 5.74) is 12.2. The number of Topliss-reactive ketones (excluding diaryl/α,β-unsaturated/α-hetero) is 1. The maximum atomic E-state index is 12.5. The Morgan fingerprint density at radius 2 is 1.33 bits per heavy atom. The van der Waals surface area contributed by atoms with Gasteiger partial charge < -0.3 is 11.5 Å². The van der Waals surface area contributed by atoms with E-state index in [0.717, 1.165) is 0 Å². The van der Waals surface area contributed by atoms with Gasteiger partial charge >= 0.3 is 0 Å². The number of carbonyl (C=O) groups excluding carboxylic acids is 3. The topological polar surface area (TPSA) is 103 Å². The van der Waals surface area contributed by atoms with Crippen LogP contribution in [0.25, 0.3) is 0 Å². The highest BCUT2D eigenvalue weighted by atomic mass is 16.1. The van der Waals surface area contributed by atoms with E-state index in [1.165, 1.54) is 18.2 Å². The molecule has 4 N–H and O–H groups in total. The second-order valence-corrected chi connectivity index (χ2v) is 4.85. The fraction of sp³-hybridized carbons (Fsp3) is 0.0625. The Balaban J connectivity index is 2.17. The zero-order valence-corrected chi connectivity index (χ0v) is 11.0. The average Bonchev–Trinajstić information content (AvgIpc) is 2.51. The molecule has 0 aliphatic heterocycles. The Hall–Kier alpha value is -2.63. The molecular formula is C16H12N2O3. The number of carbonyl (C=O) groups is 3. The summed E-state index contributed by atoms with van der Waals surface area (Å²) in [4.78, 5) is 36.7. The summed E-state index contributed by atoms with van der Waals surface area (Å²) >= 11 is 0. The van der Waals surface area contributed by atoms with Crippen LogP contribution in [-0.4, -0.2) is 23.5 Å². The van der Waals surface area contributed by atoms with Gasteiger partial charge in [0.05, 0.1) is 0 Å². The third kappa shape index (κ3) is 1.99. The quantitative estimate of drug-likeness (QED) is 0.536. The molecule has 1 aliphatic rings. The minimum absolute atomic E-state index is 0.213. The molecule has 0 spiro atoms. The third-order valence-electron chi connectivity index (χ3n) is 3.51. The van der Waals surface area contributed by atoms with Gasteiger partial charge in [-0.05, 0) is 12.1 Å². The second-order valence-electron chi connectivity index (χ2n) is 4.85. The Bertz CT molecular complexity index is 794. The van der Waals surface area contributed by atoms with E-state index >= 15 is 0 Å². The first-order chi connectivity index (χ1) is 10.0. The van der Waals surface area contributed by atoms with Crippen molar-refractivity contribution in [3.05, 3.63) is 70.3 Å². The van der Waals surface area contributed by atoms with Gasteiger partial charge in [-0.15, -0.1) is 0 Å². The Morgan fingerprint density at radius 3 is 1.90 bits per heavy atom. The Labute approximate surface area is 120 Å². The molecule has 3 rings (SSSR count). The van der Waals surface area contributed by atoms with E-state index in [9.17, 15) is 14.4 Å². The van der Waals surface area contributed by atoms with Crippen LogP contribution in [-0.2, 0) is 0 Å². The predicted molar refractivity (Wildman–Crippen MR) is 76.2 cm³/mol. The van der Waals surface area contributed by atoms with Crippen LogP contribution in [0.2, 0.25) is 0 Å². The lowest BCUT2D eigenvalue weighted by Crippen LogP contribution is -2.39. The first kappa shape index (κ1) is 13.4. The van der Waals surface area contributed by atoms with Crippen molar-refractivity contribution < 1.29 is 14.4 Å². The van der Waals surface area contributed by atoms with E-state index in [1.54, 1.807) is 24.3 Å². The maximum absolute atomic E-state index is 12.5. The summed E-state index contributed by atoms with van der Waals surface area (Å²) in [7, 11) is 0. The number of hydrogen-bond donors (Lipinski definition) is 2. The molecule has 0 heterocycles. The van der Waals surface area contributed by atoms with Gasteiger partial charge in [-0.1, -0.05) is 30.3 Å². The van der Waals surface area contributed by atoms with Crippen LogP contribution in [0, 0.1) is 0 Å². The van der Waals surface area contributed by atoms with Crippen LogP contribution in [0.15, 0.2) is 42.5 Å². The summed E-state index contributed by atoms with van der Waals surface area (Å²) in [5.74, 6) is -0.978. The minimum Gasteiger partial charge on any atom is -0.310 e. The van der Waals surface area contributed by atoms with Crippen LogP contribution in [0.1, 0.15) is 42.2 Å². The van der Waals surface area contributed by atoms with Gasteiger partial charge in [-0.25, -0.2) is 0 Å². The zero-order valence-electron chi connectivity index (χ0n) is 11.0. The molecule has 0 radical (unpaired) electrons. The van der Waals surface area contributed by atoms with Gasteiger partial charge in [-0.2, -0.15) is 0 Å². The fourth-order valence-electron chi connectivity index (χ4n) is 2.45. The van der Waals surface area contributed by atoms with Crippen LogP contribution < -0.4 is 11.5 Å². The minimum atomic E-state index is -1.15. The molecule has 5 nitrogen and oxygen atoms in total. The molecule has 0 unspecified atom stereocenters. The van der Waals surface area contributed by atoms with Gasteiger partial charge in [0, 0.05) is 27.8 Å². The number of hydrogen-bond acceptors (Lipinski definition) is 5. The molecule has 104 valence electrons. The Kier molecular flexibility index (Phi) is 3.01. The van der Waals surface area contributed by atoms with Crippen molar-refractivity contribution in [1.82, 2.24) is 0 Å². The van der Waals surface area contributed by atoms with Crippen molar-refractivity contribution in [2.45, 2.75) is 6.17 Å². The summed E-state index contributed by atoms with van der Waals surface area (Å²) in [5, 5.41) is 0. The summed E-state index contributed by atoms with van der Waals surface area (Å²) in [6, 6.07) is 10.9. The zero-order chi connectivity index (χ0) is 15.1. The highest BCUT2D eigenvalue weighted by Crippen LogP contribution is 2.27. The normalized spacial score (nSPS) is 13.1. The van der Waals surface area contributed by atoms with Crippen molar-refractivity contribution in [2.75, 3.05) is 0 Å². The van der Waals surface area contributed by atoms with Crippen molar-refractivity contribution in [3.8, 4) is 0 Å². The third-order valence-corrected chi connectivity index (χ3v) is 3.51. The lowest BCUT2D eigenvalue weighted by Gasteiger charge is -2.18. The number of ketones is 3. The van der Waals surface area contributed by atoms with E-state index in [0.29, 0.717) is 16.7 Å². The van der Waals surface area contributed by atoms with Gasteiger partial charge in [-0.3, -0.25) is 14.4 Å². The van der Waals surface area contributed by atoms with Crippen molar-refractivity contribution in [2.24, 2.45) is 11.5 Å². The van der Waals surface area contributed by atoms with E-state index in [-0.39, 0.29) is 22.7 Å². The summed E-state index contributed by atoms with van der Waals surface area (Å²) < 4.78 is 0. The number of fused-ring (bicyclic) bond motifs is 2. The molecule has 5 heteroatoms. The largest absolute Gasteiger partial charge is 0.310 e. The van der Waals surface area contributed by atoms with Crippen molar-refractivity contribution >= 4 is 17.3 Å². The SMILES string of the molecule is NC(N)C(=O)c1ccc2c(c1)C(=O)c1ccccc1C2=O. The highest BCUT2D eigenvalue weighted by molar-refractivity contribution is 6.28. The summed E-state index contributed by atoms with van der Waals surface area (Å²) in [6.45, 7) is 0. The van der Waals surface area contributed by atoms with Crippen LogP contribution in [0.3, 0.4) is 0 Å². The van der Waals surface area contributed by atoms with Crippen LogP contribution in [0.5, 0.6) is 0 Å². The molecule has 0 saturated heterocycles. The average molecular weight is 280 g/mol.